The number of piperidine rings is 1. The van der Waals surface area contributed by atoms with Crippen LogP contribution in [0.2, 0.25) is 0 Å². The maximum atomic E-state index is 13.8. The Morgan fingerprint density at radius 2 is 1.68 bits per heavy atom. The molecule has 2 amide bonds. The number of ether oxygens (including phenoxy) is 2. The number of hydrogen-bond acceptors (Lipinski definition) is 5. The summed E-state index contributed by atoms with van der Waals surface area (Å²) in [6.45, 7) is 6.07. The molecule has 0 saturated carbocycles. The molecule has 1 aliphatic heterocycles. The topological polar surface area (TPSA) is 81.8 Å². The number of likely N-dealkylation sites (tertiary alicyclic amines) is 1. The van der Waals surface area contributed by atoms with E-state index in [4.69, 9.17) is 9.47 Å². The lowest BCUT2D eigenvalue weighted by molar-refractivity contribution is 0.0744. The van der Waals surface area contributed by atoms with Gasteiger partial charge in [0.25, 0.3) is 5.91 Å². The lowest BCUT2D eigenvalue weighted by Crippen LogP contribution is -2.39. The Balaban J connectivity index is 1.18. The quantitative estimate of drug-likeness (QED) is 0.163. The van der Waals surface area contributed by atoms with Gasteiger partial charge in [-0.2, -0.15) is 0 Å². The summed E-state index contributed by atoms with van der Waals surface area (Å²) < 4.78 is 15.2. The van der Waals surface area contributed by atoms with Gasteiger partial charge in [0, 0.05) is 58.3 Å². The van der Waals surface area contributed by atoms with E-state index in [9.17, 15) is 9.59 Å². The molecule has 0 atom stereocenters. The summed E-state index contributed by atoms with van der Waals surface area (Å²) >= 11 is 0. The van der Waals surface area contributed by atoms with E-state index in [2.05, 4.69) is 44.6 Å². The summed E-state index contributed by atoms with van der Waals surface area (Å²) in [5.74, 6) is 0.381. The van der Waals surface area contributed by atoms with E-state index in [-0.39, 0.29) is 18.6 Å². The monoisotopic (exact) mass is 633 g/mol. The fourth-order valence-electron chi connectivity index (χ4n) is 6.41. The third-order valence-electron chi connectivity index (χ3n) is 9.19. The fraction of sp³-hybridized carbons (Fsp3) is 0.342. The lowest BCUT2D eigenvalue weighted by Gasteiger charge is -2.31. The lowest BCUT2D eigenvalue weighted by atomic mass is 9.97. The van der Waals surface area contributed by atoms with E-state index in [0.717, 1.165) is 58.2 Å². The molecule has 1 fully saturated rings. The van der Waals surface area contributed by atoms with Crippen LogP contribution in [0.1, 0.15) is 40.2 Å². The van der Waals surface area contributed by atoms with Crippen LogP contribution in [-0.4, -0.2) is 76.3 Å². The van der Waals surface area contributed by atoms with Crippen LogP contribution in [0.25, 0.3) is 21.9 Å². The SMILES string of the molecule is COCCN(C)C(=O)c1cn(Cc2c(C)ncn2CC2CCN(C(=O)OCc3ccccc3)CC2)cc1-c1cccc2ccccc12. The average molecular weight is 634 g/mol. The summed E-state index contributed by atoms with van der Waals surface area (Å²) in [4.78, 5) is 34.7. The summed E-state index contributed by atoms with van der Waals surface area (Å²) in [6, 6.07) is 24.3. The maximum absolute atomic E-state index is 13.8. The van der Waals surface area contributed by atoms with Crippen LogP contribution in [0.5, 0.6) is 0 Å². The number of imidazole rings is 1. The Morgan fingerprint density at radius 3 is 2.47 bits per heavy atom. The highest BCUT2D eigenvalue weighted by Crippen LogP contribution is 2.33. The molecule has 9 heteroatoms. The Morgan fingerprint density at radius 1 is 0.936 bits per heavy atom. The maximum Gasteiger partial charge on any atom is 0.410 e. The minimum absolute atomic E-state index is 0.0389. The van der Waals surface area contributed by atoms with Crippen LogP contribution in [0.3, 0.4) is 0 Å². The van der Waals surface area contributed by atoms with E-state index in [1.807, 2.05) is 79.9 Å². The molecule has 47 heavy (non-hydrogen) atoms. The van der Waals surface area contributed by atoms with Crippen molar-refractivity contribution in [3.63, 3.8) is 0 Å². The molecule has 0 radical (unpaired) electrons. The Labute approximate surface area is 276 Å². The van der Waals surface area contributed by atoms with E-state index in [1.165, 1.54) is 0 Å². The smallest absolute Gasteiger partial charge is 0.410 e. The molecule has 0 bridgehead atoms. The van der Waals surface area contributed by atoms with Crippen LogP contribution in [0, 0.1) is 12.8 Å². The zero-order valence-corrected chi connectivity index (χ0v) is 27.5. The molecule has 244 valence electrons. The zero-order valence-electron chi connectivity index (χ0n) is 27.5. The van der Waals surface area contributed by atoms with Crippen molar-refractivity contribution in [2.45, 2.75) is 39.5 Å². The molecule has 0 unspecified atom stereocenters. The number of nitrogens with zero attached hydrogens (tertiary/aromatic N) is 5. The van der Waals surface area contributed by atoms with Gasteiger partial charge in [-0.3, -0.25) is 4.79 Å². The minimum Gasteiger partial charge on any atom is -0.445 e. The van der Waals surface area contributed by atoms with Gasteiger partial charge in [0.1, 0.15) is 6.61 Å². The molecule has 6 rings (SSSR count). The fourth-order valence-corrected chi connectivity index (χ4v) is 6.41. The second-order valence-corrected chi connectivity index (χ2v) is 12.4. The first-order chi connectivity index (χ1) is 22.9. The minimum atomic E-state index is -0.251. The van der Waals surface area contributed by atoms with Crippen molar-refractivity contribution in [2.75, 3.05) is 40.4 Å². The van der Waals surface area contributed by atoms with Crippen molar-refractivity contribution in [1.29, 1.82) is 0 Å². The number of carbonyl (C=O) groups excluding carboxylic acids is 2. The van der Waals surface area contributed by atoms with Gasteiger partial charge in [-0.05, 0) is 47.6 Å². The number of aryl methyl sites for hydroxylation is 1. The van der Waals surface area contributed by atoms with Gasteiger partial charge in [0.05, 0.1) is 36.4 Å². The van der Waals surface area contributed by atoms with E-state index < -0.39 is 0 Å². The van der Waals surface area contributed by atoms with Crippen LogP contribution in [0.4, 0.5) is 4.79 Å². The Bertz CT molecular complexity index is 1820. The summed E-state index contributed by atoms with van der Waals surface area (Å²) in [6.07, 6.45) is 7.54. The standard InChI is InChI=1S/C38H43N5O4/c1-28-36(43(27-39-28)22-29-16-18-42(19-17-29)38(45)47-26-30-10-5-4-6-11-30)25-41-23-34(35(24-41)37(44)40(2)20-21-46-3)33-15-9-13-31-12-7-8-14-32(31)33/h4-15,23-24,27,29H,16-22,25-26H2,1-3H3. The van der Waals surface area contributed by atoms with Crippen LogP contribution >= 0.6 is 0 Å². The van der Waals surface area contributed by atoms with Gasteiger partial charge in [-0.15, -0.1) is 0 Å². The van der Waals surface area contributed by atoms with Crippen molar-refractivity contribution in [1.82, 2.24) is 23.9 Å². The van der Waals surface area contributed by atoms with Crippen molar-refractivity contribution in [2.24, 2.45) is 5.92 Å². The molecule has 0 aliphatic carbocycles. The van der Waals surface area contributed by atoms with E-state index in [1.54, 1.807) is 12.0 Å². The molecule has 0 spiro atoms. The van der Waals surface area contributed by atoms with Crippen molar-refractivity contribution >= 4 is 22.8 Å². The van der Waals surface area contributed by atoms with Gasteiger partial charge in [0.2, 0.25) is 0 Å². The van der Waals surface area contributed by atoms with Gasteiger partial charge in [-0.1, -0.05) is 72.8 Å². The van der Waals surface area contributed by atoms with E-state index in [0.29, 0.717) is 44.3 Å². The summed E-state index contributed by atoms with van der Waals surface area (Å²) in [5.41, 5.74) is 5.67. The van der Waals surface area contributed by atoms with E-state index >= 15 is 0 Å². The first kappa shape index (κ1) is 32.1. The first-order valence-corrected chi connectivity index (χ1v) is 16.3. The second-order valence-electron chi connectivity index (χ2n) is 12.4. The molecular formula is C38H43N5O4. The van der Waals surface area contributed by atoms with Gasteiger partial charge in [-0.25, -0.2) is 9.78 Å². The second kappa shape index (κ2) is 14.7. The number of hydrogen-bond donors (Lipinski definition) is 0. The predicted molar refractivity (Wildman–Crippen MR) is 183 cm³/mol. The highest BCUT2D eigenvalue weighted by Gasteiger charge is 2.26. The molecule has 5 aromatic rings. The highest BCUT2D eigenvalue weighted by atomic mass is 16.6. The molecule has 9 nitrogen and oxygen atoms in total. The third kappa shape index (κ3) is 7.41. The molecule has 1 aliphatic rings. The molecule has 0 N–H and O–H groups in total. The normalized spacial score (nSPS) is 13.6. The van der Waals surface area contributed by atoms with Gasteiger partial charge in [0.15, 0.2) is 0 Å². The van der Waals surface area contributed by atoms with Crippen LogP contribution in [0.15, 0.2) is 91.5 Å². The summed E-state index contributed by atoms with van der Waals surface area (Å²) in [5, 5.41) is 2.24. The highest BCUT2D eigenvalue weighted by molar-refractivity contribution is 6.06. The van der Waals surface area contributed by atoms with Crippen molar-refractivity contribution in [3.05, 3.63) is 114 Å². The van der Waals surface area contributed by atoms with Crippen LogP contribution in [-0.2, 0) is 29.2 Å². The Hall–Kier alpha value is -4.89. The number of methoxy groups -OCH3 is 1. The van der Waals surface area contributed by atoms with Crippen LogP contribution < -0.4 is 0 Å². The number of likely N-dealkylation sites (N-methyl/N-ethyl adjacent to an activating group) is 1. The predicted octanol–water partition coefficient (Wildman–Crippen LogP) is 6.63. The number of fused-ring (bicyclic) bond motifs is 1. The largest absolute Gasteiger partial charge is 0.445 e. The van der Waals surface area contributed by atoms with Gasteiger partial charge < -0.3 is 28.4 Å². The Kier molecular flexibility index (Phi) is 10.0. The number of aromatic nitrogens is 3. The molecule has 1 saturated heterocycles. The zero-order chi connectivity index (χ0) is 32.8. The van der Waals surface area contributed by atoms with Gasteiger partial charge >= 0.3 is 6.09 Å². The average Bonchev–Trinajstić information content (AvgIpc) is 3.69. The molecule has 3 aromatic carbocycles. The number of amides is 2. The number of carbonyl (C=O) groups is 2. The molecular weight excluding hydrogens is 590 g/mol. The summed E-state index contributed by atoms with van der Waals surface area (Å²) in [7, 11) is 3.46. The third-order valence-corrected chi connectivity index (χ3v) is 9.19. The molecule has 2 aromatic heterocycles. The number of rotatable bonds is 11. The first-order valence-electron chi connectivity index (χ1n) is 16.3. The number of benzene rings is 3. The van der Waals surface area contributed by atoms with Crippen molar-refractivity contribution < 1.29 is 19.1 Å². The van der Waals surface area contributed by atoms with Crippen molar-refractivity contribution in [3.8, 4) is 11.1 Å². The molecule has 3 heterocycles.